The molecule has 184 valence electrons. The van der Waals surface area contributed by atoms with Gasteiger partial charge in [0.1, 0.15) is 11.6 Å². The molecule has 9 heteroatoms. The van der Waals surface area contributed by atoms with Gasteiger partial charge < -0.3 is 20.1 Å². The van der Waals surface area contributed by atoms with Crippen LogP contribution in [0.25, 0.3) is 6.08 Å². The number of methoxy groups -OCH3 is 1. The average Bonchev–Trinajstić information content (AvgIpc) is 2.85. The Labute approximate surface area is 228 Å². The smallest absolute Gasteiger partial charge is 0.266 e. The number of benzene rings is 3. The highest BCUT2D eigenvalue weighted by atomic mass is 127. The van der Waals surface area contributed by atoms with Crippen LogP contribution in [0.5, 0.6) is 11.5 Å². The van der Waals surface area contributed by atoms with Crippen LogP contribution in [0.3, 0.4) is 0 Å². The van der Waals surface area contributed by atoms with Crippen molar-refractivity contribution in [1.29, 1.82) is 5.26 Å². The van der Waals surface area contributed by atoms with Crippen LogP contribution in [-0.4, -0.2) is 25.5 Å². The predicted molar refractivity (Wildman–Crippen MR) is 149 cm³/mol. The van der Waals surface area contributed by atoms with Gasteiger partial charge in [0.25, 0.3) is 11.8 Å². The standard InChI is InChI=1S/C27H23ClIN3O4/c1-16-4-7-22(10-17(16)2)31-25(33)15-36-26-23(29)12-18(13-24(26)35-3)11-19(14-30)27(34)32-21-8-5-20(28)6-9-21/h4-13H,15H2,1-3H3,(H,31,33)(H,32,34)/b19-11-. The van der Waals surface area contributed by atoms with Gasteiger partial charge in [-0.25, -0.2) is 0 Å². The summed E-state index contributed by atoms with van der Waals surface area (Å²) in [5, 5.41) is 15.5. The summed E-state index contributed by atoms with van der Waals surface area (Å²) in [7, 11) is 1.47. The molecular weight excluding hydrogens is 593 g/mol. The molecule has 0 saturated carbocycles. The Hall–Kier alpha value is -3.55. The summed E-state index contributed by atoms with van der Waals surface area (Å²) in [5.74, 6) is -0.125. The van der Waals surface area contributed by atoms with E-state index in [2.05, 4.69) is 10.6 Å². The summed E-state index contributed by atoms with van der Waals surface area (Å²) in [6.07, 6.45) is 1.45. The van der Waals surface area contributed by atoms with E-state index < -0.39 is 5.91 Å². The molecule has 3 aromatic carbocycles. The zero-order valence-electron chi connectivity index (χ0n) is 19.8. The zero-order valence-corrected chi connectivity index (χ0v) is 22.7. The van der Waals surface area contributed by atoms with Gasteiger partial charge in [-0.1, -0.05) is 17.7 Å². The molecule has 0 heterocycles. The van der Waals surface area contributed by atoms with Crippen LogP contribution in [-0.2, 0) is 9.59 Å². The molecule has 0 aliphatic heterocycles. The van der Waals surface area contributed by atoms with Crippen LogP contribution in [0.2, 0.25) is 5.02 Å². The fraction of sp³-hybridized carbons (Fsp3) is 0.148. The molecule has 36 heavy (non-hydrogen) atoms. The Bertz CT molecular complexity index is 1360. The zero-order chi connectivity index (χ0) is 26.2. The van der Waals surface area contributed by atoms with Crippen LogP contribution in [0, 0.1) is 28.7 Å². The van der Waals surface area contributed by atoms with E-state index in [1.165, 1.54) is 13.2 Å². The normalized spacial score (nSPS) is 10.8. The van der Waals surface area contributed by atoms with E-state index in [0.29, 0.717) is 37.0 Å². The van der Waals surface area contributed by atoms with Crippen LogP contribution < -0.4 is 20.1 Å². The molecule has 0 radical (unpaired) electrons. The number of aryl methyl sites for hydroxylation is 2. The molecule has 0 aromatic heterocycles. The summed E-state index contributed by atoms with van der Waals surface area (Å²) >= 11 is 7.92. The quantitative estimate of drug-likeness (QED) is 0.180. The number of carbonyl (C=O) groups excluding carboxylic acids is 2. The van der Waals surface area contributed by atoms with Crippen LogP contribution in [0.4, 0.5) is 11.4 Å². The fourth-order valence-electron chi connectivity index (χ4n) is 3.16. The van der Waals surface area contributed by atoms with Crippen molar-refractivity contribution < 1.29 is 19.1 Å². The van der Waals surface area contributed by atoms with Crippen molar-refractivity contribution in [2.24, 2.45) is 0 Å². The van der Waals surface area contributed by atoms with Gasteiger partial charge in [0.15, 0.2) is 18.1 Å². The first-order valence-electron chi connectivity index (χ1n) is 10.8. The lowest BCUT2D eigenvalue weighted by molar-refractivity contribution is -0.118. The Morgan fingerprint density at radius 2 is 1.72 bits per heavy atom. The summed E-state index contributed by atoms with van der Waals surface area (Å²) in [6.45, 7) is 3.76. The largest absolute Gasteiger partial charge is 0.493 e. The molecule has 0 spiro atoms. The lowest BCUT2D eigenvalue weighted by Gasteiger charge is -2.14. The van der Waals surface area contributed by atoms with Crippen LogP contribution in [0.15, 0.2) is 60.2 Å². The van der Waals surface area contributed by atoms with Gasteiger partial charge in [-0.15, -0.1) is 0 Å². The minimum atomic E-state index is -0.558. The van der Waals surface area contributed by atoms with Gasteiger partial charge in [0.05, 0.1) is 10.7 Å². The number of nitrogens with one attached hydrogen (secondary N) is 2. The summed E-state index contributed by atoms with van der Waals surface area (Å²) in [5.41, 5.74) is 3.89. The average molecular weight is 616 g/mol. The highest BCUT2D eigenvalue weighted by molar-refractivity contribution is 14.1. The first-order chi connectivity index (χ1) is 17.2. The number of halogens is 2. The summed E-state index contributed by atoms with van der Waals surface area (Å²) < 4.78 is 11.8. The number of ether oxygens (including phenoxy) is 2. The second-order valence-corrected chi connectivity index (χ2v) is 9.40. The molecule has 3 aromatic rings. The first-order valence-corrected chi connectivity index (χ1v) is 12.2. The van der Waals surface area contributed by atoms with Crippen molar-refractivity contribution in [3.63, 3.8) is 0 Å². The molecule has 3 rings (SSSR count). The lowest BCUT2D eigenvalue weighted by Crippen LogP contribution is -2.20. The molecule has 2 amide bonds. The van der Waals surface area contributed by atoms with Gasteiger partial charge >= 0.3 is 0 Å². The van der Waals surface area contributed by atoms with E-state index in [1.807, 2.05) is 60.7 Å². The third-order valence-electron chi connectivity index (χ3n) is 5.17. The van der Waals surface area contributed by atoms with Gasteiger partial charge in [0.2, 0.25) is 0 Å². The molecule has 7 nitrogen and oxygen atoms in total. The van der Waals surface area contributed by atoms with Gasteiger partial charge in [-0.05, 0) is 108 Å². The number of hydrogen-bond acceptors (Lipinski definition) is 5. The van der Waals surface area contributed by atoms with E-state index in [-0.39, 0.29) is 18.1 Å². The number of nitrogens with zero attached hydrogens (tertiary/aromatic N) is 1. The Morgan fingerprint density at radius 3 is 2.36 bits per heavy atom. The molecule has 0 atom stereocenters. The number of anilines is 2. The molecule has 2 N–H and O–H groups in total. The maximum atomic E-state index is 12.6. The number of rotatable bonds is 8. The van der Waals surface area contributed by atoms with E-state index in [9.17, 15) is 14.9 Å². The number of hydrogen-bond donors (Lipinski definition) is 2. The van der Waals surface area contributed by atoms with Crippen molar-refractivity contribution in [2.45, 2.75) is 13.8 Å². The van der Waals surface area contributed by atoms with Crippen LogP contribution >= 0.6 is 34.2 Å². The third kappa shape index (κ3) is 7.23. The van der Waals surface area contributed by atoms with Crippen molar-refractivity contribution >= 4 is 63.5 Å². The summed E-state index contributed by atoms with van der Waals surface area (Å²) in [6, 6.07) is 17.5. The lowest BCUT2D eigenvalue weighted by atomic mass is 10.1. The Kier molecular flexibility index (Phi) is 9.33. The molecule has 0 saturated heterocycles. The number of amides is 2. The second kappa shape index (κ2) is 12.4. The van der Waals surface area contributed by atoms with Gasteiger partial charge in [0, 0.05) is 16.4 Å². The molecular formula is C27H23ClIN3O4. The van der Waals surface area contributed by atoms with E-state index >= 15 is 0 Å². The highest BCUT2D eigenvalue weighted by Gasteiger charge is 2.15. The maximum Gasteiger partial charge on any atom is 0.266 e. The van der Waals surface area contributed by atoms with Crippen molar-refractivity contribution in [2.75, 3.05) is 24.4 Å². The molecule has 0 bridgehead atoms. The monoisotopic (exact) mass is 615 g/mol. The van der Waals surface area contributed by atoms with Crippen molar-refractivity contribution in [1.82, 2.24) is 0 Å². The van der Waals surface area contributed by atoms with E-state index in [1.54, 1.807) is 36.4 Å². The minimum Gasteiger partial charge on any atom is -0.493 e. The fourth-order valence-corrected chi connectivity index (χ4v) is 4.07. The SMILES string of the molecule is COc1cc(/C=C(/C#N)C(=O)Nc2ccc(Cl)cc2)cc(I)c1OCC(=O)Nc1ccc(C)c(C)c1. The van der Waals surface area contributed by atoms with Gasteiger partial charge in [-0.3, -0.25) is 9.59 Å². The second-order valence-electron chi connectivity index (χ2n) is 7.80. The molecule has 0 aliphatic rings. The third-order valence-corrected chi connectivity index (χ3v) is 6.22. The van der Waals surface area contributed by atoms with E-state index in [0.717, 1.165) is 11.1 Å². The van der Waals surface area contributed by atoms with Crippen LogP contribution in [0.1, 0.15) is 16.7 Å². The maximum absolute atomic E-state index is 12.6. The van der Waals surface area contributed by atoms with Crippen molar-refractivity contribution in [3.8, 4) is 17.6 Å². The Morgan fingerprint density at radius 1 is 1.03 bits per heavy atom. The number of nitriles is 1. The van der Waals surface area contributed by atoms with E-state index in [4.69, 9.17) is 21.1 Å². The van der Waals surface area contributed by atoms with Gasteiger partial charge in [-0.2, -0.15) is 5.26 Å². The highest BCUT2D eigenvalue weighted by Crippen LogP contribution is 2.34. The van der Waals surface area contributed by atoms with Crippen molar-refractivity contribution in [3.05, 3.63) is 85.5 Å². The summed E-state index contributed by atoms with van der Waals surface area (Å²) in [4.78, 5) is 25.0. The number of carbonyl (C=O) groups is 2. The molecule has 0 fully saturated rings. The molecule has 0 aliphatic carbocycles. The minimum absolute atomic E-state index is 0.0933. The first kappa shape index (κ1) is 27.0. The molecule has 0 unspecified atom stereocenters. The predicted octanol–water partition coefficient (Wildman–Crippen LogP) is 6.13. The topological polar surface area (TPSA) is 100 Å². The Balaban J connectivity index is 1.73.